The maximum absolute atomic E-state index is 13.6. The molecule has 0 radical (unpaired) electrons. The summed E-state index contributed by atoms with van der Waals surface area (Å²) in [6.07, 6.45) is -1.05. The molecule has 2 aromatic rings. The monoisotopic (exact) mass is 371 g/mol. The third-order valence-corrected chi connectivity index (χ3v) is 4.05. The minimum atomic E-state index is -2.59. The summed E-state index contributed by atoms with van der Waals surface area (Å²) in [6.45, 7) is 6.27. The number of nitrogens with zero attached hydrogens (tertiary/aromatic N) is 1. The topological polar surface area (TPSA) is 40.5 Å². The lowest BCUT2D eigenvalue weighted by Gasteiger charge is -2.17. The van der Waals surface area contributed by atoms with E-state index in [-0.39, 0.29) is 23.0 Å². The fourth-order valence-electron chi connectivity index (χ4n) is 2.98. The zero-order valence-electron chi connectivity index (χ0n) is 15.2. The molecule has 26 heavy (non-hydrogen) atoms. The minimum absolute atomic E-state index is 0.0875. The number of hydrogen-bond acceptors (Lipinski definition) is 3. The van der Waals surface area contributed by atoms with Crippen LogP contribution in [0, 0.1) is 11.7 Å². The number of fused-ring (bicyclic) bond motifs is 1. The minimum Gasteiger partial charge on any atom is -0.459 e. The van der Waals surface area contributed by atoms with Gasteiger partial charge in [0.05, 0.1) is 18.2 Å². The molecule has 0 aliphatic heterocycles. The SMILES string of the molecule is CCOCC(C)CC(C)OC(=O)c1cn(CC(F)F)c2ccc(F)cc12. The molecule has 7 heteroatoms. The van der Waals surface area contributed by atoms with Crippen molar-refractivity contribution in [2.75, 3.05) is 13.2 Å². The molecule has 0 N–H and O–H groups in total. The highest BCUT2D eigenvalue weighted by atomic mass is 19.3. The molecule has 0 amide bonds. The number of alkyl halides is 2. The summed E-state index contributed by atoms with van der Waals surface area (Å²) >= 11 is 0. The Morgan fingerprint density at radius 1 is 1.27 bits per heavy atom. The number of esters is 1. The van der Waals surface area contributed by atoms with Gasteiger partial charge in [-0.25, -0.2) is 18.0 Å². The lowest BCUT2D eigenvalue weighted by Crippen LogP contribution is -2.20. The number of ether oxygens (including phenoxy) is 2. The molecule has 2 rings (SSSR count). The molecule has 0 aliphatic rings. The number of rotatable bonds is 9. The van der Waals surface area contributed by atoms with Gasteiger partial charge in [-0.3, -0.25) is 0 Å². The van der Waals surface area contributed by atoms with Crippen LogP contribution >= 0.6 is 0 Å². The van der Waals surface area contributed by atoms with Crippen LogP contribution in [-0.2, 0) is 16.0 Å². The Morgan fingerprint density at radius 3 is 2.65 bits per heavy atom. The van der Waals surface area contributed by atoms with Crippen molar-refractivity contribution in [2.24, 2.45) is 5.92 Å². The second kappa shape index (κ2) is 9.07. The largest absolute Gasteiger partial charge is 0.459 e. The first kappa shape index (κ1) is 20.3. The highest BCUT2D eigenvalue weighted by Crippen LogP contribution is 2.25. The molecule has 0 saturated carbocycles. The van der Waals surface area contributed by atoms with Crippen LogP contribution in [0.3, 0.4) is 0 Å². The Hall–Kier alpha value is -2.02. The molecule has 0 fully saturated rings. The lowest BCUT2D eigenvalue weighted by molar-refractivity contribution is 0.0239. The Kier molecular flexibility index (Phi) is 7.08. The summed E-state index contributed by atoms with van der Waals surface area (Å²) in [7, 11) is 0. The van der Waals surface area contributed by atoms with Gasteiger partial charge in [-0.05, 0) is 44.4 Å². The second-order valence-electron chi connectivity index (χ2n) is 6.46. The molecule has 0 aliphatic carbocycles. The van der Waals surface area contributed by atoms with Crippen molar-refractivity contribution in [3.05, 3.63) is 35.8 Å². The summed E-state index contributed by atoms with van der Waals surface area (Å²) < 4.78 is 51.1. The van der Waals surface area contributed by atoms with Crippen LogP contribution in [-0.4, -0.2) is 36.3 Å². The summed E-state index contributed by atoms with van der Waals surface area (Å²) in [6, 6.07) is 3.73. The van der Waals surface area contributed by atoms with E-state index >= 15 is 0 Å². The maximum Gasteiger partial charge on any atom is 0.340 e. The van der Waals surface area contributed by atoms with E-state index in [9.17, 15) is 18.0 Å². The van der Waals surface area contributed by atoms with Gasteiger partial charge in [0.2, 0.25) is 0 Å². The maximum atomic E-state index is 13.6. The lowest BCUT2D eigenvalue weighted by atomic mass is 10.1. The van der Waals surface area contributed by atoms with E-state index in [0.717, 1.165) is 6.07 Å². The van der Waals surface area contributed by atoms with Crippen molar-refractivity contribution in [2.45, 2.75) is 46.3 Å². The van der Waals surface area contributed by atoms with E-state index in [1.54, 1.807) is 6.92 Å². The molecule has 1 heterocycles. The number of benzene rings is 1. The van der Waals surface area contributed by atoms with E-state index in [1.807, 2.05) is 13.8 Å². The van der Waals surface area contributed by atoms with Crippen LogP contribution < -0.4 is 0 Å². The number of carbonyl (C=O) groups excluding carboxylic acids is 1. The highest BCUT2D eigenvalue weighted by Gasteiger charge is 2.21. The van der Waals surface area contributed by atoms with Crippen molar-refractivity contribution in [1.82, 2.24) is 4.57 Å². The average molecular weight is 371 g/mol. The van der Waals surface area contributed by atoms with Gasteiger partial charge < -0.3 is 14.0 Å². The Labute approximate surface area is 150 Å². The van der Waals surface area contributed by atoms with Gasteiger partial charge in [0.25, 0.3) is 6.43 Å². The third kappa shape index (κ3) is 5.24. The van der Waals surface area contributed by atoms with Crippen molar-refractivity contribution in [3.63, 3.8) is 0 Å². The van der Waals surface area contributed by atoms with E-state index in [0.29, 0.717) is 25.2 Å². The van der Waals surface area contributed by atoms with Crippen molar-refractivity contribution in [1.29, 1.82) is 0 Å². The summed E-state index contributed by atoms with van der Waals surface area (Å²) in [5, 5.41) is 0.269. The van der Waals surface area contributed by atoms with Gasteiger partial charge in [0.1, 0.15) is 5.82 Å². The van der Waals surface area contributed by atoms with Crippen molar-refractivity contribution < 1.29 is 27.4 Å². The molecule has 1 aromatic heterocycles. The molecule has 1 aromatic carbocycles. The van der Waals surface area contributed by atoms with Crippen LogP contribution in [0.1, 0.15) is 37.6 Å². The molecule has 0 spiro atoms. The highest BCUT2D eigenvalue weighted by molar-refractivity contribution is 6.04. The predicted octanol–water partition coefficient (Wildman–Crippen LogP) is 4.65. The zero-order valence-corrected chi connectivity index (χ0v) is 15.2. The molecule has 0 bridgehead atoms. The van der Waals surface area contributed by atoms with Gasteiger partial charge in [0.15, 0.2) is 0 Å². The van der Waals surface area contributed by atoms with E-state index in [2.05, 4.69) is 0 Å². The first-order valence-corrected chi connectivity index (χ1v) is 8.67. The normalized spacial score (nSPS) is 14.0. The standard InChI is InChI=1S/C19H24F3NO3/c1-4-25-11-12(2)7-13(3)26-19(24)16-9-23(10-18(21)22)17-6-5-14(20)8-15(16)17/h5-6,8-9,12-13,18H,4,7,10-11H2,1-3H3. The van der Waals surface area contributed by atoms with Crippen LogP contribution in [0.2, 0.25) is 0 Å². The fourth-order valence-corrected chi connectivity index (χ4v) is 2.98. The predicted molar refractivity (Wildman–Crippen MR) is 93.1 cm³/mol. The van der Waals surface area contributed by atoms with E-state index in [1.165, 1.54) is 22.9 Å². The van der Waals surface area contributed by atoms with Crippen molar-refractivity contribution >= 4 is 16.9 Å². The number of aromatic nitrogens is 1. The fraction of sp³-hybridized carbons (Fsp3) is 0.526. The third-order valence-electron chi connectivity index (χ3n) is 4.05. The average Bonchev–Trinajstić information content (AvgIpc) is 2.89. The van der Waals surface area contributed by atoms with Gasteiger partial charge >= 0.3 is 5.97 Å². The molecule has 144 valence electrons. The Morgan fingerprint density at radius 2 is 2.00 bits per heavy atom. The summed E-state index contributed by atoms with van der Waals surface area (Å²) in [4.78, 5) is 12.5. The van der Waals surface area contributed by atoms with Gasteiger partial charge in [-0.1, -0.05) is 6.92 Å². The Balaban J connectivity index is 2.17. The van der Waals surface area contributed by atoms with Crippen LogP contribution in [0.5, 0.6) is 0 Å². The van der Waals surface area contributed by atoms with Gasteiger partial charge in [-0.2, -0.15) is 0 Å². The molecule has 2 unspecified atom stereocenters. The summed E-state index contributed by atoms with van der Waals surface area (Å²) in [5.74, 6) is -0.986. The first-order valence-electron chi connectivity index (χ1n) is 8.67. The van der Waals surface area contributed by atoms with Crippen LogP contribution in [0.15, 0.2) is 24.4 Å². The van der Waals surface area contributed by atoms with E-state index < -0.39 is 24.8 Å². The van der Waals surface area contributed by atoms with E-state index in [4.69, 9.17) is 9.47 Å². The summed E-state index contributed by atoms with van der Waals surface area (Å²) in [5.41, 5.74) is 0.459. The number of hydrogen-bond donors (Lipinski definition) is 0. The Bertz CT molecular complexity index is 745. The molecular weight excluding hydrogens is 347 g/mol. The van der Waals surface area contributed by atoms with Gasteiger partial charge in [0, 0.05) is 30.3 Å². The van der Waals surface area contributed by atoms with Gasteiger partial charge in [-0.15, -0.1) is 0 Å². The second-order valence-corrected chi connectivity index (χ2v) is 6.46. The molecule has 2 atom stereocenters. The molecule has 0 saturated heterocycles. The van der Waals surface area contributed by atoms with Crippen molar-refractivity contribution in [3.8, 4) is 0 Å². The van der Waals surface area contributed by atoms with Crippen LogP contribution in [0.4, 0.5) is 13.2 Å². The number of halogens is 3. The molecular formula is C19H24F3NO3. The molecule has 4 nitrogen and oxygen atoms in total. The van der Waals surface area contributed by atoms with Crippen LogP contribution in [0.25, 0.3) is 10.9 Å². The number of carbonyl (C=O) groups is 1. The zero-order chi connectivity index (χ0) is 19.3. The quantitative estimate of drug-likeness (QED) is 0.602. The first-order chi connectivity index (χ1) is 12.3. The smallest absolute Gasteiger partial charge is 0.340 e.